The first-order chi connectivity index (χ1) is 16.2. The molecule has 4 saturated heterocycles. The SMILES string of the molecule is CC1(C)CCCC(C)(C)N1OC[C@H]1CCCC2(CCC[C@H](CON3C(C)(C)CCCC3(C)C)O2)O1. The maximum absolute atomic E-state index is 6.70. The molecule has 1 spiro atoms. The first-order valence-corrected chi connectivity index (χ1v) is 14.5. The van der Waals surface area contributed by atoms with Crippen molar-refractivity contribution >= 4 is 0 Å². The van der Waals surface area contributed by atoms with E-state index in [9.17, 15) is 0 Å². The summed E-state index contributed by atoms with van der Waals surface area (Å²) in [7, 11) is 0. The van der Waals surface area contributed by atoms with E-state index in [1.54, 1.807) is 0 Å². The monoisotopic (exact) mass is 494 g/mol. The highest BCUT2D eigenvalue weighted by molar-refractivity contribution is 4.94. The molecule has 4 aliphatic heterocycles. The fraction of sp³-hybridized carbons (Fsp3) is 1.00. The Kier molecular flexibility index (Phi) is 8.05. The third-order valence-corrected chi connectivity index (χ3v) is 9.06. The van der Waals surface area contributed by atoms with Crippen LogP contribution in [0.15, 0.2) is 0 Å². The summed E-state index contributed by atoms with van der Waals surface area (Å²) >= 11 is 0. The summed E-state index contributed by atoms with van der Waals surface area (Å²) in [5.74, 6) is -0.474. The van der Waals surface area contributed by atoms with Gasteiger partial charge in [0.2, 0.25) is 0 Å². The lowest BCUT2D eigenvalue weighted by Crippen LogP contribution is -2.59. The van der Waals surface area contributed by atoms with Crippen LogP contribution in [-0.4, -0.2) is 63.5 Å². The lowest BCUT2D eigenvalue weighted by molar-refractivity contribution is -0.356. The van der Waals surface area contributed by atoms with Crippen molar-refractivity contribution in [3.8, 4) is 0 Å². The van der Waals surface area contributed by atoms with Gasteiger partial charge in [0.15, 0.2) is 5.79 Å². The first-order valence-electron chi connectivity index (χ1n) is 14.5. The van der Waals surface area contributed by atoms with Crippen LogP contribution < -0.4 is 0 Å². The minimum Gasteiger partial charge on any atom is -0.344 e. The number of rotatable bonds is 6. The van der Waals surface area contributed by atoms with Gasteiger partial charge in [-0.1, -0.05) is 0 Å². The van der Waals surface area contributed by atoms with Crippen molar-refractivity contribution in [1.82, 2.24) is 10.1 Å². The zero-order chi connectivity index (χ0) is 25.5. The average Bonchev–Trinajstić information content (AvgIpc) is 2.71. The third-order valence-electron chi connectivity index (χ3n) is 9.06. The number of hydrogen-bond acceptors (Lipinski definition) is 6. The van der Waals surface area contributed by atoms with Crippen molar-refractivity contribution in [3.05, 3.63) is 0 Å². The molecule has 2 atom stereocenters. The Hall–Kier alpha value is -0.240. The molecule has 0 amide bonds. The van der Waals surface area contributed by atoms with Gasteiger partial charge in [0.1, 0.15) is 0 Å². The van der Waals surface area contributed by atoms with Crippen LogP contribution in [0.3, 0.4) is 0 Å². The molecule has 0 radical (unpaired) electrons. The van der Waals surface area contributed by atoms with Crippen molar-refractivity contribution in [2.24, 2.45) is 0 Å². The Labute approximate surface area is 215 Å². The summed E-state index contributed by atoms with van der Waals surface area (Å²) in [5, 5.41) is 4.52. The number of hydroxylamine groups is 4. The molecule has 4 aliphatic rings. The fourth-order valence-electron chi connectivity index (χ4n) is 7.51. The number of hydrogen-bond donors (Lipinski definition) is 0. The van der Waals surface area contributed by atoms with Crippen molar-refractivity contribution in [2.75, 3.05) is 13.2 Å². The van der Waals surface area contributed by atoms with Crippen LogP contribution in [0.4, 0.5) is 0 Å². The number of nitrogens with zero attached hydrogens (tertiary/aromatic N) is 2. The molecule has 0 aliphatic carbocycles. The molecule has 0 N–H and O–H groups in total. The predicted molar refractivity (Wildman–Crippen MR) is 140 cm³/mol. The maximum atomic E-state index is 6.70. The second-order valence-corrected chi connectivity index (χ2v) is 14.3. The lowest BCUT2D eigenvalue weighted by atomic mass is 9.82. The Morgan fingerprint density at radius 3 is 1.23 bits per heavy atom. The van der Waals surface area contributed by atoms with E-state index in [4.69, 9.17) is 19.1 Å². The Morgan fingerprint density at radius 1 is 0.543 bits per heavy atom. The topological polar surface area (TPSA) is 43.4 Å². The van der Waals surface area contributed by atoms with Gasteiger partial charge in [-0.25, -0.2) is 0 Å². The molecule has 4 rings (SSSR count). The van der Waals surface area contributed by atoms with Crippen molar-refractivity contribution in [2.45, 2.75) is 173 Å². The average molecular weight is 495 g/mol. The van der Waals surface area contributed by atoms with Crippen LogP contribution >= 0.6 is 0 Å². The molecule has 6 heteroatoms. The smallest absolute Gasteiger partial charge is 0.169 e. The van der Waals surface area contributed by atoms with Gasteiger partial charge < -0.3 is 9.47 Å². The van der Waals surface area contributed by atoms with E-state index < -0.39 is 5.79 Å². The number of ether oxygens (including phenoxy) is 2. The van der Waals surface area contributed by atoms with Gasteiger partial charge in [-0.05, 0) is 120 Å². The lowest BCUT2D eigenvalue weighted by Gasteiger charge is -2.52. The van der Waals surface area contributed by atoms with Crippen LogP contribution in [0.5, 0.6) is 0 Å². The van der Waals surface area contributed by atoms with Gasteiger partial charge in [-0.15, -0.1) is 0 Å². The van der Waals surface area contributed by atoms with E-state index in [0.29, 0.717) is 13.2 Å². The molecule has 0 unspecified atom stereocenters. The fourth-order valence-corrected chi connectivity index (χ4v) is 7.51. The molecule has 204 valence electrons. The highest BCUT2D eigenvalue weighted by Crippen LogP contribution is 2.43. The summed E-state index contributed by atoms with van der Waals surface area (Å²) in [6.07, 6.45) is 13.6. The van der Waals surface area contributed by atoms with E-state index in [2.05, 4.69) is 65.5 Å². The van der Waals surface area contributed by atoms with Gasteiger partial charge in [-0.3, -0.25) is 9.68 Å². The van der Waals surface area contributed by atoms with Crippen molar-refractivity contribution in [1.29, 1.82) is 0 Å². The Bertz CT molecular complexity index is 627. The van der Waals surface area contributed by atoms with Gasteiger partial charge >= 0.3 is 0 Å². The molecule has 6 nitrogen and oxygen atoms in total. The quantitative estimate of drug-likeness (QED) is 0.406. The molecular weight excluding hydrogens is 440 g/mol. The van der Waals surface area contributed by atoms with Gasteiger partial charge in [-0.2, -0.15) is 10.1 Å². The van der Waals surface area contributed by atoms with Crippen LogP contribution in [-0.2, 0) is 19.1 Å². The third kappa shape index (κ3) is 6.26. The minimum absolute atomic E-state index is 0.0495. The maximum Gasteiger partial charge on any atom is 0.169 e. The van der Waals surface area contributed by atoms with E-state index >= 15 is 0 Å². The van der Waals surface area contributed by atoms with Gasteiger partial charge in [0.05, 0.1) is 25.4 Å². The summed E-state index contributed by atoms with van der Waals surface area (Å²) in [4.78, 5) is 13.0. The zero-order valence-electron chi connectivity index (χ0n) is 24.1. The van der Waals surface area contributed by atoms with Crippen LogP contribution in [0.25, 0.3) is 0 Å². The molecule has 0 aromatic heterocycles. The molecule has 0 saturated carbocycles. The molecule has 4 fully saturated rings. The minimum atomic E-state index is -0.474. The van der Waals surface area contributed by atoms with E-state index in [1.807, 2.05) is 0 Å². The second-order valence-electron chi connectivity index (χ2n) is 14.3. The normalized spacial score (nSPS) is 34.6. The summed E-state index contributed by atoms with van der Waals surface area (Å²) in [6.45, 7) is 19.6. The van der Waals surface area contributed by atoms with Crippen LogP contribution in [0.2, 0.25) is 0 Å². The molecule has 0 aromatic carbocycles. The largest absolute Gasteiger partial charge is 0.344 e. The molecule has 0 bridgehead atoms. The van der Waals surface area contributed by atoms with E-state index in [1.165, 1.54) is 38.5 Å². The van der Waals surface area contributed by atoms with Crippen molar-refractivity contribution < 1.29 is 19.1 Å². The number of piperidine rings is 2. The highest BCUT2D eigenvalue weighted by Gasteiger charge is 2.47. The molecular formula is C29H54N2O4. The van der Waals surface area contributed by atoms with Gasteiger partial charge in [0.25, 0.3) is 0 Å². The first kappa shape index (κ1) is 27.8. The molecule has 35 heavy (non-hydrogen) atoms. The van der Waals surface area contributed by atoms with Gasteiger partial charge in [0, 0.05) is 35.0 Å². The van der Waals surface area contributed by atoms with Crippen LogP contribution in [0, 0.1) is 0 Å². The van der Waals surface area contributed by atoms with Crippen molar-refractivity contribution in [3.63, 3.8) is 0 Å². The highest BCUT2D eigenvalue weighted by atomic mass is 16.7. The molecule has 4 heterocycles. The standard InChI is InChI=1S/C29H54N2O4/c1-25(2)15-11-16-26(3,4)30(25)32-21-23-13-9-19-29(34-23)20-10-14-24(35-29)22-33-31-27(5,6)17-12-18-28(31,7)8/h23-24H,9-22H2,1-8H3/t23-,24-,29?/m1/s1. The summed E-state index contributed by atoms with van der Waals surface area (Å²) in [6, 6.07) is 0. The molecule has 0 aromatic rings. The van der Waals surface area contributed by atoms with E-state index in [0.717, 1.165) is 38.5 Å². The van der Waals surface area contributed by atoms with E-state index in [-0.39, 0.29) is 34.4 Å². The summed E-state index contributed by atoms with van der Waals surface area (Å²) < 4.78 is 13.4. The zero-order valence-corrected chi connectivity index (χ0v) is 24.1. The van der Waals surface area contributed by atoms with Crippen LogP contribution in [0.1, 0.15) is 132 Å². The second kappa shape index (κ2) is 10.1. The Morgan fingerprint density at radius 2 is 0.886 bits per heavy atom. The predicted octanol–water partition coefficient (Wildman–Crippen LogP) is 6.77. The Balaban J connectivity index is 1.33. The summed E-state index contributed by atoms with van der Waals surface area (Å²) in [5.41, 5.74) is 0.198.